The zero-order chi connectivity index (χ0) is 27.5. The van der Waals surface area contributed by atoms with E-state index in [2.05, 4.69) is 36.3 Å². The summed E-state index contributed by atoms with van der Waals surface area (Å²) in [7, 11) is 1.67. The second-order valence-electron chi connectivity index (χ2n) is 8.38. The molecule has 1 aliphatic carbocycles. The molecule has 4 heterocycles. The molecule has 2 unspecified atom stereocenters. The maximum atomic E-state index is 13.3. The molecule has 2 aliphatic heterocycles. The molecule has 15 nitrogen and oxygen atoms in total. The number of oxime groups is 1. The van der Waals surface area contributed by atoms with Gasteiger partial charge in [-0.1, -0.05) is 23.0 Å². The van der Waals surface area contributed by atoms with Gasteiger partial charge >= 0.3 is 5.97 Å². The number of aryl methyl sites for hydroxylation is 1. The number of aliphatic carboxylic acids is 1. The number of amides is 3. The first-order valence-electron chi connectivity index (χ1n) is 11.5. The minimum atomic E-state index is -1.23. The molecule has 0 radical (unpaired) electrons. The number of carboxylic acids is 1. The number of aromatic nitrogens is 5. The number of carboxylic acid groups (broad SMARTS) is 1. The van der Waals surface area contributed by atoms with Gasteiger partial charge in [0.1, 0.15) is 28.9 Å². The average Bonchev–Trinajstić information content (AvgIpc) is 3.69. The summed E-state index contributed by atoms with van der Waals surface area (Å²) >= 11 is 3.70. The van der Waals surface area contributed by atoms with E-state index in [1.807, 2.05) is 12.2 Å². The fourth-order valence-corrected chi connectivity index (χ4v) is 7.01. The molecular formula is C21H21N9O6S3. The first-order valence-corrected chi connectivity index (χ1v) is 14.4. The zero-order valence-corrected chi connectivity index (χ0v) is 22.7. The summed E-state index contributed by atoms with van der Waals surface area (Å²) in [5, 5.41) is 31.9. The largest absolute Gasteiger partial charge is 0.477 e. The van der Waals surface area contributed by atoms with Crippen molar-refractivity contribution in [3.63, 3.8) is 0 Å². The summed E-state index contributed by atoms with van der Waals surface area (Å²) in [5.74, 6) is -1.88. The maximum absolute atomic E-state index is 13.3. The molecule has 0 aromatic carbocycles. The Kier molecular flexibility index (Phi) is 7.94. The number of nitrogens with zero attached hydrogens (tertiary/aromatic N) is 7. The molecular weight excluding hydrogens is 570 g/mol. The molecule has 18 heteroatoms. The highest BCUT2D eigenvalue weighted by Gasteiger charge is 2.54. The highest BCUT2D eigenvalue weighted by Crippen LogP contribution is 2.41. The third kappa shape index (κ3) is 5.52. The van der Waals surface area contributed by atoms with Crippen LogP contribution in [-0.4, -0.2) is 94.1 Å². The molecule has 0 bridgehead atoms. The van der Waals surface area contributed by atoms with Crippen LogP contribution < -0.4 is 10.6 Å². The lowest BCUT2D eigenvalue weighted by Gasteiger charge is -2.49. The summed E-state index contributed by atoms with van der Waals surface area (Å²) in [6.07, 6.45) is 5.48. The number of thiazole rings is 1. The van der Waals surface area contributed by atoms with E-state index in [0.29, 0.717) is 29.3 Å². The van der Waals surface area contributed by atoms with Gasteiger partial charge in [-0.25, -0.2) is 14.5 Å². The number of allylic oxidation sites excluding steroid dienone is 1. The van der Waals surface area contributed by atoms with Gasteiger partial charge < -0.3 is 20.6 Å². The van der Waals surface area contributed by atoms with Crippen molar-refractivity contribution in [2.75, 3.05) is 16.8 Å². The Morgan fingerprint density at radius 2 is 2.26 bits per heavy atom. The minimum Gasteiger partial charge on any atom is -0.477 e. The van der Waals surface area contributed by atoms with E-state index >= 15 is 0 Å². The number of hydrogen-bond donors (Lipinski definition) is 3. The third-order valence-electron chi connectivity index (χ3n) is 5.89. The van der Waals surface area contributed by atoms with E-state index in [9.17, 15) is 24.3 Å². The number of carbonyl (C=O) groups is 4. The van der Waals surface area contributed by atoms with Crippen LogP contribution in [0.2, 0.25) is 0 Å². The van der Waals surface area contributed by atoms with Crippen molar-refractivity contribution < 1.29 is 29.1 Å². The minimum absolute atomic E-state index is 0.105. The van der Waals surface area contributed by atoms with Crippen molar-refractivity contribution in [1.29, 1.82) is 0 Å². The van der Waals surface area contributed by atoms with Crippen LogP contribution in [0.25, 0.3) is 0 Å². The molecule has 0 spiro atoms. The number of hydrogen-bond acceptors (Lipinski definition) is 13. The standard InChI is InChI=1S/C21H21N9O6S3/c1-29-21(25-27-28-29)39-7-10-6-37-18-14(17(33)30(18)15(10)19(34)35)24-16(32)13(26-36-11-4-2-3-5-11)12-8-38-20(23-12)22-9-31/h2,4,8-9,11,14,18H,3,5-7H2,1H3,(H,24,32)(H,34,35)(H,22,23,31)/t11?,14?,18-/m0/s1. The van der Waals surface area contributed by atoms with Crippen LogP contribution in [0.5, 0.6) is 0 Å². The van der Waals surface area contributed by atoms with E-state index in [1.54, 1.807) is 7.05 Å². The molecule has 39 heavy (non-hydrogen) atoms. The molecule has 2 aromatic heterocycles. The number of nitrogens with one attached hydrogen (secondary N) is 2. The molecule has 3 N–H and O–H groups in total. The van der Waals surface area contributed by atoms with Crippen LogP contribution >= 0.6 is 34.9 Å². The Hall–Kier alpha value is -3.77. The van der Waals surface area contributed by atoms with Gasteiger partial charge in [-0.3, -0.25) is 19.3 Å². The Morgan fingerprint density at radius 1 is 1.41 bits per heavy atom. The number of anilines is 1. The molecule has 5 rings (SSSR count). The summed E-state index contributed by atoms with van der Waals surface area (Å²) < 4.78 is 1.47. The van der Waals surface area contributed by atoms with E-state index in [4.69, 9.17) is 4.84 Å². The summed E-state index contributed by atoms with van der Waals surface area (Å²) in [4.78, 5) is 60.2. The normalized spacial score (nSPS) is 22.4. The summed E-state index contributed by atoms with van der Waals surface area (Å²) in [6, 6.07) is -0.975. The Balaban J connectivity index is 1.32. The van der Waals surface area contributed by atoms with E-state index in [0.717, 1.165) is 17.8 Å². The van der Waals surface area contributed by atoms with Gasteiger partial charge in [-0.2, -0.15) is 0 Å². The lowest BCUT2D eigenvalue weighted by atomic mass is 10.0. The number of tetrazole rings is 1. The van der Waals surface area contributed by atoms with Crippen molar-refractivity contribution in [2.24, 2.45) is 12.2 Å². The van der Waals surface area contributed by atoms with E-state index < -0.39 is 29.2 Å². The van der Waals surface area contributed by atoms with Crippen molar-refractivity contribution in [1.82, 2.24) is 35.4 Å². The summed E-state index contributed by atoms with van der Waals surface area (Å²) in [6.45, 7) is 0. The van der Waals surface area contributed by atoms with Gasteiger partial charge in [-0.15, -0.1) is 28.2 Å². The highest BCUT2D eigenvalue weighted by molar-refractivity contribution is 8.01. The molecule has 3 amide bonds. The second-order valence-corrected chi connectivity index (χ2v) is 11.3. The molecule has 204 valence electrons. The highest BCUT2D eigenvalue weighted by atomic mass is 32.2. The lowest BCUT2D eigenvalue weighted by Crippen LogP contribution is -2.71. The molecule has 0 saturated carbocycles. The number of thioether (sulfide) groups is 2. The fraction of sp³-hybridized carbons (Fsp3) is 0.381. The Labute approximate surface area is 233 Å². The maximum Gasteiger partial charge on any atom is 0.352 e. The van der Waals surface area contributed by atoms with E-state index in [1.165, 1.54) is 38.5 Å². The molecule has 1 fully saturated rings. The molecule has 3 atom stereocenters. The van der Waals surface area contributed by atoms with Crippen LogP contribution in [0.15, 0.2) is 39.1 Å². The average molecular weight is 592 g/mol. The van der Waals surface area contributed by atoms with Crippen LogP contribution in [-0.2, 0) is 31.1 Å². The van der Waals surface area contributed by atoms with Gasteiger partial charge in [0.15, 0.2) is 10.8 Å². The first-order chi connectivity index (χ1) is 18.9. The zero-order valence-electron chi connectivity index (χ0n) is 20.2. The van der Waals surface area contributed by atoms with Gasteiger partial charge in [0, 0.05) is 23.9 Å². The topological polar surface area (TPSA) is 194 Å². The molecule has 1 saturated heterocycles. The predicted octanol–water partition coefficient (Wildman–Crippen LogP) is 0.205. The molecule has 3 aliphatic rings. The monoisotopic (exact) mass is 591 g/mol. The van der Waals surface area contributed by atoms with Gasteiger partial charge in [0.25, 0.3) is 11.8 Å². The lowest BCUT2D eigenvalue weighted by molar-refractivity contribution is -0.150. The SMILES string of the molecule is Cn1nnnc1SCC1=C(C(=O)O)N2C(=O)C(NC(=O)C(=NOC3C=CCC3)c3csc(NC=O)n3)[C@@H]2SC1. The number of rotatable bonds is 11. The van der Waals surface area contributed by atoms with Crippen molar-refractivity contribution in [3.05, 3.63) is 34.5 Å². The van der Waals surface area contributed by atoms with Crippen LogP contribution in [0.1, 0.15) is 18.5 Å². The third-order valence-corrected chi connectivity index (χ3v) is 9.10. The first kappa shape index (κ1) is 26.8. The second kappa shape index (κ2) is 11.5. The van der Waals surface area contributed by atoms with Crippen molar-refractivity contribution >= 4 is 69.9 Å². The number of β-lactam (4-membered cyclic amide) rings is 1. The smallest absolute Gasteiger partial charge is 0.352 e. The number of fused-ring (bicyclic) bond motifs is 1. The Bertz CT molecular complexity index is 1400. The molecule has 2 aromatic rings. The van der Waals surface area contributed by atoms with Crippen LogP contribution in [0.4, 0.5) is 5.13 Å². The van der Waals surface area contributed by atoms with Gasteiger partial charge in [0.2, 0.25) is 11.6 Å². The van der Waals surface area contributed by atoms with Gasteiger partial charge in [0.05, 0.1) is 0 Å². The van der Waals surface area contributed by atoms with Crippen molar-refractivity contribution in [3.8, 4) is 0 Å². The fourth-order valence-electron chi connectivity index (χ4n) is 4.02. The van der Waals surface area contributed by atoms with Crippen molar-refractivity contribution in [2.45, 2.75) is 35.5 Å². The number of carbonyl (C=O) groups excluding carboxylic acids is 3. The van der Waals surface area contributed by atoms with Gasteiger partial charge in [-0.05, 0) is 34.9 Å². The van der Waals surface area contributed by atoms with Crippen LogP contribution in [0, 0.1) is 0 Å². The van der Waals surface area contributed by atoms with Crippen LogP contribution in [0.3, 0.4) is 0 Å². The summed E-state index contributed by atoms with van der Waals surface area (Å²) in [5.41, 5.74) is 0.437. The van der Waals surface area contributed by atoms with E-state index in [-0.39, 0.29) is 34.1 Å². The quantitative estimate of drug-likeness (QED) is 0.0804. The predicted molar refractivity (Wildman–Crippen MR) is 141 cm³/mol. The Morgan fingerprint density at radius 3 is 2.95 bits per heavy atom.